The third-order valence-corrected chi connectivity index (χ3v) is 4.27. The van der Waals surface area contributed by atoms with Gasteiger partial charge < -0.3 is 20.1 Å². The van der Waals surface area contributed by atoms with Crippen molar-refractivity contribution in [1.82, 2.24) is 5.32 Å². The van der Waals surface area contributed by atoms with E-state index in [1.54, 1.807) is 36.4 Å². The molecule has 0 fully saturated rings. The maximum absolute atomic E-state index is 12.4. The Morgan fingerprint density at radius 3 is 2.79 bits per heavy atom. The maximum atomic E-state index is 12.4. The molecule has 0 aromatic heterocycles. The normalized spacial score (nSPS) is 13.8. The van der Waals surface area contributed by atoms with Crippen LogP contribution in [0.4, 0.5) is 5.69 Å². The highest BCUT2D eigenvalue weighted by atomic mass is 16.5. The molecule has 1 aliphatic heterocycles. The van der Waals surface area contributed by atoms with E-state index >= 15 is 0 Å². The van der Waals surface area contributed by atoms with Crippen LogP contribution in [0.3, 0.4) is 0 Å². The molecule has 0 unspecified atom stereocenters. The van der Waals surface area contributed by atoms with Crippen molar-refractivity contribution in [2.75, 3.05) is 18.5 Å². The number of nitrogens with one attached hydrogen (secondary N) is 2. The number of rotatable bonds is 7. The molecule has 6 nitrogen and oxygen atoms in total. The quantitative estimate of drug-likeness (QED) is 0.723. The van der Waals surface area contributed by atoms with E-state index in [2.05, 4.69) is 17.2 Å². The van der Waals surface area contributed by atoms with E-state index in [1.165, 1.54) is 0 Å². The van der Waals surface area contributed by atoms with E-state index in [9.17, 15) is 9.59 Å². The second kappa shape index (κ2) is 8.17. The Kier molecular flexibility index (Phi) is 5.68. The zero-order chi connectivity index (χ0) is 20.1. The van der Waals surface area contributed by atoms with E-state index in [0.29, 0.717) is 29.3 Å². The molecule has 0 spiro atoms. The Hall–Kier alpha value is -3.28. The molecule has 0 bridgehead atoms. The second-order valence-electron chi connectivity index (χ2n) is 7.16. The van der Waals surface area contributed by atoms with Gasteiger partial charge in [-0.3, -0.25) is 9.59 Å². The zero-order valence-electron chi connectivity index (χ0n) is 16.1. The molecule has 146 valence electrons. The average molecular weight is 380 g/mol. The molecule has 1 heterocycles. The summed E-state index contributed by atoms with van der Waals surface area (Å²) < 4.78 is 11.6. The van der Waals surface area contributed by atoms with E-state index < -0.39 is 0 Å². The fourth-order valence-electron chi connectivity index (χ4n) is 3.08. The summed E-state index contributed by atoms with van der Waals surface area (Å²) in [5, 5.41) is 5.43. The van der Waals surface area contributed by atoms with Crippen LogP contribution in [-0.2, 0) is 11.2 Å². The molecular formula is C22H24N2O4. The Morgan fingerprint density at radius 2 is 2.00 bits per heavy atom. The molecular weight excluding hydrogens is 356 g/mol. The Bertz CT molecular complexity index is 905. The first-order valence-electron chi connectivity index (χ1n) is 9.11. The number of amides is 2. The predicted molar refractivity (Wildman–Crippen MR) is 108 cm³/mol. The zero-order valence-corrected chi connectivity index (χ0v) is 16.1. The van der Waals surface area contributed by atoms with Crippen LogP contribution in [0, 0.1) is 0 Å². The number of benzene rings is 2. The molecule has 0 atom stereocenters. The lowest BCUT2D eigenvalue weighted by Gasteiger charge is -2.18. The molecule has 2 aromatic carbocycles. The molecule has 2 N–H and O–H groups in total. The minimum absolute atomic E-state index is 0.192. The van der Waals surface area contributed by atoms with E-state index in [4.69, 9.17) is 9.47 Å². The molecule has 0 radical (unpaired) electrons. The standard InChI is InChI=1S/C22H24N2O4/c1-4-12-23-21(26)16-9-5-6-10-17(16)24-19(25)14-27-18-11-7-8-15-13-22(2,3)28-20(15)18/h4-11H,1,12-14H2,2-3H3,(H,23,26)(H,24,25). The van der Waals surface area contributed by atoms with Crippen molar-refractivity contribution in [3.8, 4) is 11.5 Å². The second-order valence-corrected chi connectivity index (χ2v) is 7.16. The predicted octanol–water partition coefficient (Wildman–Crippen LogP) is 3.33. The summed E-state index contributed by atoms with van der Waals surface area (Å²) in [5.74, 6) is 0.576. The largest absolute Gasteiger partial charge is 0.483 e. The van der Waals surface area contributed by atoms with Crippen LogP contribution in [0.5, 0.6) is 11.5 Å². The lowest BCUT2D eigenvalue weighted by molar-refractivity contribution is -0.118. The van der Waals surface area contributed by atoms with Gasteiger partial charge in [-0.1, -0.05) is 30.3 Å². The number of carbonyl (C=O) groups is 2. The molecule has 0 saturated heterocycles. The maximum Gasteiger partial charge on any atom is 0.262 e. The highest BCUT2D eigenvalue weighted by molar-refractivity contribution is 6.04. The molecule has 2 aromatic rings. The third kappa shape index (κ3) is 4.52. The van der Waals surface area contributed by atoms with E-state index in [0.717, 1.165) is 12.0 Å². The Balaban J connectivity index is 1.65. The molecule has 2 amide bonds. The molecule has 28 heavy (non-hydrogen) atoms. The van der Waals surface area contributed by atoms with Gasteiger partial charge >= 0.3 is 0 Å². The lowest BCUT2D eigenvalue weighted by atomic mass is 10.0. The van der Waals surface area contributed by atoms with Crippen LogP contribution < -0.4 is 20.1 Å². The van der Waals surface area contributed by atoms with Gasteiger partial charge in [-0.25, -0.2) is 0 Å². The summed E-state index contributed by atoms with van der Waals surface area (Å²) in [7, 11) is 0. The minimum Gasteiger partial charge on any atom is -0.483 e. The first kappa shape index (κ1) is 19.5. The van der Waals surface area contributed by atoms with Gasteiger partial charge in [0, 0.05) is 18.5 Å². The molecule has 6 heteroatoms. The molecule has 3 rings (SSSR count). The Morgan fingerprint density at radius 1 is 1.21 bits per heavy atom. The number of para-hydroxylation sites is 2. The SMILES string of the molecule is C=CCNC(=O)c1ccccc1NC(=O)COc1cccc2c1OC(C)(C)C2. The summed E-state index contributed by atoms with van der Waals surface area (Å²) in [6.45, 7) is 7.75. The van der Waals surface area contributed by atoms with Gasteiger partial charge in [0.05, 0.1) is 11.3 Å². The van der Waals surface area contributed by atoms with Crippen molar-refractivity contribution in [3.05, 3.63) is 66.2 Å². The first-order valence-corrected chi connectivity index (χ1v) is 9.11. The van der Waals surface area contributed by atoms with Crippen molar-refractivity contribution >= 4 is 17.5 Å². The van der Waals surface area contributed by atoms with Crippen LogP contribution in [0.2, 0.25) is 0 Å². The minimum atomic E-state index is -0.362. The van der Waals surface area contributed by atoms with Gasteiger partial charge in [-0.2, -0.15) is 0 Å². The first-order chi connectivity index (χ1) is 13.4. The van der Waals surface area contributed by atoms with Gasteiger partial charge in [-0.05, 0) is 32.0 Å². The van der Waals surface area contributed by atoms with Crippen LogP contribution in [0.15, 0.2) is 55.1 Å². The smallest absolute Gasteiger partial charge is 0.262 e. The molecule has 0 aliphatic carbocycles. The number of ether oxygens (including phenoxy) is 2. The highest BCUT2D eigenvalue weighted by Gasteiger charge is 2.32. The summed E-state index contributed by atoms with van der Waals surface area (Å²) in [4.78, 5) is 24.6. The fourth-order valence-corrected chi connectivity index (χ4v) is 3.08. The summed E-state index contributed by atoms with van der Waals surface area (Å²) in [6.07, 6.45) is 2.38. The van der Waals surface area contributed by atoms with Crippen molar-refractivity contribution < 1.29 is 19.1 Å². The van der Waals surface area contributed by atoms with Crippen LogP contribution in [0.25, 0.3) is 0 Å². The lowest BCUT2D eigenvalue weighted by Crippen LogP contribution is -2.26. The van der Waals surface area contributed by atoms with Gasteiger partial charge in [0.15, 0.2) is 18.1 Å². The van der Waals surface area contributed by atoms with Crippen LogP contribution in [-0.4, -0.2) is 30.6 Å². The van der Waals surface area contributed by atoms with Gasteiger partial charge in [0.25, 0.3) is 11.8 Å². The number of carbonyl (C=O) groups excluding carboxylic acids is 2. The van der Waals surface area contributed by atoms with Crippen molar-refractivity contribution in [1.29, 1.82) is 0 Å². The van der Waals surface area contributed by atoms with Gasteiger partial charge in [0.2, 0.25) is 0 Å². The van der Waals surface area contributed by atoms with Crippen LogP contribution in [0.1, 0.15) is 29.8 Å². The number of hydrogen-bond acceptors (Lipinski definition) is 4. The van der Waals surface area contributed by atoms with Gasteiger partial charge in [-0.15, -0.1) is 6.58 Å². The number of hydrogen-bond donors (Lipinski definition) is 2. The molecule has 1 aliphatic rings. The monoisotopic (exact) mass is 380 g/mol. The van der Waals surface area contributed by atoms with Gasteiger partial charge in [0.1, 0.15) is 5.60 Å². The highest BCUT2D eigenvalue weighted by Crippen LogP contribution is 2.41. The van der Waals surface area contributed by atoms with Crippen molar-refractivity contribution in [2.45, 2.75) is 25.9 Å². The number of fused-ring (bicyclic) bond motifs is 1. The Labute approximate surface area is 164 Å². The average Bonchev–Trinajstić information content (AvgIpc) is 2.99. The third-order valence-electron chi connectivity index (χ3n) is 4.27. The van der Waals surface area contributed by atoms with Crippen molar-refractivity contribution in [2.24, 2.45) is 0 Å². The topological polar surface area (TPSA) is 76.7 Å². The van der Waals surface area contributed by atoms with Crippen molar-refractivity contribution in [3.63, 3.8) is 0 Å². The molecule has 0 saturated carbocycles. The fraction of sp³-hybridized carbons (Fsp3) is 0.273. The number of anilines is 1. The summed E-state index contributed by atoms with van der Waals surface area (Å²) in [6, 6.07) is 12.5. The summed E-state index contributed by atoms with van der Waals surface area (Å²) in [5.41, 5.74) is 1.57. The van der Waals surface area contributed by atoms with E-state index in [-0.39, 0.29) is 24.0 Å². The summed E-state index contributed by atoms with van der Waals surface area (Å²) >= 11 is 0. The van der Waals surface area contributed by atoms with E-state index in [1.807, 2.05) is 26.0 Å². The van der Waals surface area contributed by atoms with Crippen LogP contribution >= 0.6 is 0 Å².